The zero-order valence-electron chi connectivity index (χ0n) is 10.7. The lowest BCUT2D eigenvalue weighted by atomic mass is 10.0. The minimum Gasteiger partial charge on any atom is -0.508 e. The van der Waals surface area contributed by atoms with Gasteiger partial charge in [0.05, 0.1) is 4.90 Å². The molecule has 2 N–H and O–H groups in total. The van der Waals surface area contributed by atoms with E-state index in [9.17, 15) is 10.2 Å². The smallest absolute Gasteiger partial charge is 0.130 e. The van der Waals surface area contributed by atoms with E-state index >= 15 is 0 Å². The van der Waals surface area contributed by atoms with E-state index in [4.69, 9.17) is 0 Å². The summed E-state index contributed by atoms with van der Waals surface area (Å²) in [7, 11) is 0. The Kier molecular flexibility index (Phi) is 3.15. The van der Waals surface area contributed by atoms with E-state index in [-0.39, 0.29) is 5.75 Å². The Balaban J connectivity index is 2.16. The molecule has 1 aliphatic heterocycles. The van der Waals surface area contributed by atoms with Crippen LogP contribution in [-0.4, -0.2) is 10.2 Å². The maximum Gasteiger partial charge on any atom is 0.130 e. The Morgan fingerprint density at radius 2 is 1.63 bits per heavy atom. The van der Waals surface area contributed by atoms with Gasteiger partial charge in [-0.25, -0.2) is 0 Å². The van der Waals surface area contributed by atoms with Gasteiger partial charge in [0.1, 0.15) is 11.5 Å². The lowest BCUT2D eigenvalue weighted by Crippen LogP contribution is -1.97. The van der Waals surface area contributed by atoms with Gasteiger partial charge >= 0.3 is 0 Å². The predicted molar refractivity (Wildman–Crippen MR) is 78.5 cm³/mol. The fourth-order valence-electron chi connectivity index (χ4n) is 2.11. The summed E-state index contributed by atoms with van der Waals surface area (Å²) in [4.78, 5) is 4.16. The molecule has 0 bridgehead atoms. The molecule has 0 aliphatic carbocycles. The van der Waals surface area contributed by atoms with Crippen LogP contribution in [0.5, 0.6) is 11.5 Å². The van der Waals surface area contributed by atoms with Gasteiger partial charge in [0, 0.05) is 14.7 Å². The van der Waals surface area contributed by atoms with Crippen molar-refractivity contribution in [2.45, 2.75) is 39.3 Å². The first kappa shape index (κ1) is 12.8. The molecule has 0 radical (unpaired) electrons. The second kappa shape index (κ2) is 4.69. The number of fused-ring (bicyclic) bond motifs is 2. The maximum atomic E-state index is 10.1. The Morgan fingerprint density at radius 3 is 2.37 bits per heavy atom. The number of aromatic hydroxyl groups is 2. The normalized spacial score (nSPS) is 13.2. The fraction of sp³-hybridized carbons (Fsp3) is 0.200. The lowest BCUT2D eigenvalue weighted by Gasteiger charge is -2.23. The van der Waals surface area contributed by atoms with Crippen molar-refractivity contribution in [3.63, 3.8) is 0 Å². The minimum absolute atomic E-state index is 0.279. The number of phenols is 2. The van der Waals surface area contributed by atoms with Crippen molar-refractivity contribution in [1.29, 1.82) is 0 Å². The second-order valence-electron chi connectivity index (χ2n) is 4.82. The van der Waals surface area contributed by atoms with Crippen LogP contribution in [0.25, 0.3) is 0 Å². The number of benzene rings is 2. The Hall–Kier alpha value is -1.26. The average molecular weight is 290 g/mol. The van der Waals surface area contributed by atoms with E-state index in [2.05, 4.69) is 13.8 Å². The zero-order valence-corrected chi connectivity index (χ0v) is 12.3. The van der Waals surface area contributed by atoms with Crippen LogP contribution in [0.4, 0.5) is 0 Å². The molecular formula is C15H14O2S2. The summed E-state index contributed by atoms with van der Waals surface area (Å²) in [5.74, 6) is 1.01. The van der Waals surface area contributed by atoms with Gasteiger partial charge in [-0.2, -0.15) is 0 Å². The summed E-state index contributed by atoms with van der Waals surface area (Å²) in [5.41, 5.74) is 1.24. The molecule has 2 nitrogen and oxygen atoms in total. The highest BCUT2D eigenvalue weighted by Crippen LogP contribution is 2.54. The third-order valence-corrected chi connectivity index (χ3v) is 5.75. The number of hydrogen-bond acceptors (Lipinski definition) is 4. The molecule has 0 amide bonds. The summed E-state index contributed by atoms with van der Waals surface area (Å²) >= 11 is 3.19. The molecule has 0 atom stereocenters. The van der Waals surface area contributed by atoms with Gasteiger partial charge in [0.25, 0.3) is 0 Å². The van der Waals surface area contributed by atoms with Crippen LogP contribution in [0.1, 0.15) is 25.3 Å². The van der Waals surface area contributed by atoms with E-state index in [1.807, 2.05) is 12.1 Å². The molecular weight excluding hydrogens is 276 g/mol. The third-order valence-electron chi connectivity index (χ3n) is 3.10. The molecule has 2 aromatic rings. The monoisotopic (exact) mass is 290 g/mol. The molecule has 0 unspecified atom stereocenters. The molecule has 0 saturated heterocycles. The van der Waals surface area contributed by atoms with Crippen LogP contribution < -0.4 is 0 Å². The number of rotatable bonds is 1. The Morgan fingerprint density at radius 1 is 0.895 bits per heavy atom. The van der Waals surface area contributed by atoms with Crippen LogP contribution in [-0.2, 0) is 0 Å². The molecule has 1 aliphatic rings. The van der Waals surface area contributed by atoms with E-state index in [0.29, 0.717) is 11.7 Å². The minimum atomic E-state index is 0.279. The molecule has 4 heteroatoms. The van der Waals surface area contributed by atoms with Crippen molar-refractivity contribution in [2.24, 2.45) is 0 Å². The molecule has 0 fully saturated rings. The van der Waals surface area contributed by atoms with Gasteiger partial charge in [-0.15, -0.1) is 0 Å². The highest BCUT2D eigenvalue weighted by atomic mass is 32.2. The third kappa shape index (κ3) is 2.19. The van der Waals surface area contributed by atoms with E-state index in [1.54, 1.807) is 41.7 Å². The van der Waals surface area contributed by atoms with Gasteiger partial charge in [-0.1, -0.05) is 43.4 Å². The topological polar surface area (TPSA) is 40.5 Å². The van der Waals surface area contributed by atoms with Crippen LogP contribution in [0.3, 0.4) is 0 Å². The van der Waals surface area contributed by atoms with Crippen LogP contribution in [0, 0.1) is 0 Å². The van der Waals surface area contributed by atoms with Crippen LogP contribution >= 0.6 is 23.5 Å². The molecule has 19 heavy (non-hydrogen) atoms. The first-order valence-corrected chi connectivity index (χ1v) is 7.74. The van der Waals surface area contributed by atoms with E-state index < -0.39 is 0 Å². The van der Waals surface area contributed by atoms with E-state index in [0.717, 1.165) is 19.6 Å². The van der Waals surface area contributed by atoms with Crippen molar-refractivity contribution in [3.8, 4) is 11.5 Å². The molecule has 3 rings (SSSR count). The Labute approximate surface area is 120 Å². The lowest BCUT2D eigenvalue weighted by molar-refractivity contribution is 0.458. The summed E-state index contributed by atoms with van der Waals surface area (Å²) in [6, 6.07) is 9.12. The highest BCUT2D eigenvalue weighted by Gasteiger charge is 2.23. The first-order valence-electron chi connectivity index (χ1n) is 6.11. The average Bonchev–Trinajstić information content (AvgIpc) is 2.37. The highest BCUT2D eigenvalue weighted by molar-refractivity contribution is 8.05. The standard InChI is InChI=1S/C15H14O2S2/c1-8(2)10-4-5-11(17)15-14(10)19-13-7-9(16)3-6-12(13)18-15/h3-8,16-17H,1-2H3. The quantitative estimate of drug-likeness (QED) is 0.673. The first-order chi connectivity index (χ1) is 9.06. The van der Waals surface area contributed by atoms with Crippen LogP contribution in [0.2, 0.25) is 0 Å². The van der Waals surface area contributed by atoms with Crippen molar-refractivity contribution in [2.75, 3.05) is 0 Å². The number of hydrogen-bond donors (Lipinski definition) is 2. The summed E-state index contributed by atoms with van der Waals surface area (Å²) in [6.07, 6.45) is 0. The zero-order chi connectivity index (χ0) is 13.6. The molecule has 0 saturated carbocycles. The van der Waals surface area contributed by atoms with Crippen molar-refractivity contribution in [3.05, 3.63) is 35.9 Å². The van der Waals surface area contributed by atoms with Gasteiger partial charge in [-0.3, -0.25) is 0 Å². The van der Waals surface area contributed by atoms with Gasteiger partial charge < -0.3 is 10.2 Å². The fourth-order valence-corrected chi connectivity index (χ4v) is 4.69. The predicted octanol–water partition coefficient (Wildman–Crippen LogP) is 4.84. The Bertz CT molecular complexity index is 651. The summed E-state index contributed by atoms with van der Waals surface area (Å²) in [5, 5.41) is 19.7. The molecule has 0 aromatic heterocycles. The largest absolute Gasteiger partial charge is 0.508 e. The molecule has 98 valence electrons. The molecule has 1 heterocycles. The van der Waals surface area contributed by atoms with Gasteiger partial charge in [-0.05, 0) is 35.7 Å². The molecule has 0 spiro atoms. The second-order valence-corrected chi connectivity index (χ2v) is 6.93. The summed E-state index contributed by atoms with van der Waals surface area (Å²) < 4.78 is 0. The van der Waals surface area contributed by atoms with Crippen molar-refractivity contribution < 1.29 is 10.2 Å². The van der Waals surface area contributed by atoms with Gasteiger partial charge in [0.15, 0.2) is 0 Å². The SMILES string of the molecule is CC(C)c1ccc(O)c2c1Sc1cc(O)ccc1S2. The van der Waals surface area contributed by atoms with Crippen molar-refractivity contribution in [1.82, 2.24) is 0 Å². The summed E-state index contributed by atoms with van der Waals surface area (Å²) in [6.45, 7) is 4.30. The van der Waals surface area contributed by atoms with Crippen LogP contribution in [0.15, 0.2) is 49.9 Å². The molecule has 2 aromatic carbocycles. The van der Waals surface area contributed by atoms with Crippen molar-refractivity contribution >= 4 is 23.5 Å². The maximum absolute atomic E-state index is 10.1. The van der Waals surface area contributed by atoms with Gasteiger partial charge in [0.2, 0.25) is 0 Å². The number of phenolic OH excluding ortho intramolecular Hbond substituents is 2. The van der Waals surface area contributed by atoms with E-state index in [1.165, 1.54) is 5.56 Å².